The number of carbonyl (C=O) groups excluding carboxylic acids is 1. The van der Waals surface area contributed by atoms with Gasteiger partial charge in [0.25, 0.3) is 0 Å². The molecule has 1 saturated carbocycles. The van der Waals surface area contributed by atoms with Crippen LogP contribution in [-0.2, 0) is 4.79 Å². The van der Waals surface area contributed by atoms with Crippen LogP contribution in [0.25, 0.3) is 0 Å². The van der Waals surface area contributed by atoms with Gasteiger partial charge in [0.1, 0.15) is 0 Å². The quantitative estimate of drug-likeness (QED) is 0.738. The lowest BCUT2D eigenvalue weighted by Crippen LogP contribution is -2.28. The van der Waals surface area contributed by atoms with Gasteiger partial charge in [0, 0.05) is 11.6 Å². The molecule has 1 aliphatic carbocycles. The molecule has 1 atom stereocenters. The molecule has 0 aromatic heterocycles. The fourth-order valence-electron chi connectivity index (χ4n) is 1.66. The zero-order chi connectivity index (χ0) is 10.8. The van der Waals surface area contributed by atoms with E-state index in [2.05, 4.69) is 5.32 Å². The van der Waals surface area contributed by atoms with Crippen LogP contribution in [0.4, 0.5) is 5.69 Å². The van der Waals surface area contributed by atoms with E-state index in [0.29, 0.717) is 0 Å². The third kappa shape index (κ3) is 2.29. The number of carbonyl (C=O) groups is 1. The molecule has 0 aliphatic heterocycles. The van der Waals surface area contributed by atoms with Crippen LogP contribution in [0, 0.1) is 5.92 Å². The first-order valence-corrected chi connectivity index (χ1v) is 5.33. The molecule has 80 valence electrons. The number of hydrogen-bond donors (Lipinski definition) is 2. The monoisotopic (exact) mass is 204 g/mol. The van der Waals surface area contributed by atoms with Crippen molar-refractivity contribution in [1.82, 2.24) is 5.32 Å². The Morgan fingerprint density at radius 2 is 2.13 bits per heavy atom. The summed E-state index contributed by atoms with van der Waals surface area (Å²) in [6, 6.07) is 7.64. The Morgan fingerprint density at radius 3 is 2.73 bits per heavy atom. The summed E-state index contributed by atoms with van der Waals surface area (Å²) in [4.78, 5) is 11.5. The van der Waals surface area contributed by atoms with Crippen molar-refractivity contribution in [3.63, 3.8) is 0 Å². The predicted molar refractivity (Wildman–Crippen MR) is 60.1 cm³/mol. The zero-order valence-electron chi connectivity index (χ0n) is 8.86. The summed E-state index contributed by atoms with van der Waals surface area (Å²) in [5, 5.41) is 2.98. The summed E-state index contributed by atoms with van der Waals surface area (Å²) in [5.74, 6) is 0.406. The highest BCUT2D eigenvalue weighted by Crippen LogP contribution is 2.30. The number of nitrogen functional groups attached to an aromatic ring is 1. The number of nitrogens with two attached hydrogens (primary N) is 1. The summed E-state index contributed by atoms with van der Waals surface area (Å²) < 4.78 is 0. The van der Waals surface area contributed by atoms with E-state index in [4.69, 9.17) is 5.73 Å². The molecule has 0 radical (unpaired) electrons. The van der Waals surface area contributed by atoms with E-state index in [1.807, 2.05) is 31.2 Å². The van der Waals surface area contributed by atoms with Gasteiger partial charge in [-0.25, -0.2) is 0 Å². The highest BCUT2D eigenvalue weighted by Gasteiger charge is 2.30. The first-order valence-electron chi connectivity index (χ1n) is 5.33. The van der Waals surface area contributed by atoms with Crippen LogP contribution in [0.2, 0.25) is 0 Å². The van der Waals surface area contributed by atoms with Crippen molar-refractivity contribution >= 4 is 11.6 Å². The standard InChI is InChI=1S/C12H16N2O/c1-8(14-12(15)9-6-7-9)10-4-2-3-5-11(10)13/h2-5,8-9H,6-7,13H2,1H3,(H,14,15). The van der Waals surface area contributed by atoms with Crippen molar-refractivity contribution in [3.05, 3.63) is 29.8 Å². The third-order valence-corrected chi connectivity index (χ3v) is 2.77. The Labute approximate surface area is 89.7 Å². The van der Waals surface area contributed by atoms with Gasteiger partial charge in [-0.3, -0.25) is 4.79 Å². The minimum absolute atomic E-state index is 0.000648. The SMILES string of the molecule is CC(NC(=O)C1CC1)c1ccccc1N. The van der Waals surface area contributed by atoms with E-state index >= 15 is 0 Å². The first-order chi connectivity index (χ1) is 7.18. The highest BCUT2D eigenvalue weighted by molar-refractivity contribution is 5.81. The average Bonchev–Trinajstić information content (AvgIpc) is 3.01. The van der Waals surface area contributed by atoms with Crippen molar-refractivity contribution < 1.29 is 4.79 Å². The molecule has 1 aliphatic rings. The maximum Gasteiger partial charge on any atom is 0.223 e. The van der Waals surface area contributed by atoms with Crippen LogP contribution >= 0.6 is 0 Å². The molecule has 0 spiro atoms. The van der Waals surface area contributed by atoms with Crippen LogP contribution in [0.3, 0.4) is 0 Å². The molecule has 3 heteroatoms. The van der Waals surface area contributed by atoms with Crippen molar-refractivity contribution in [1.29, 1.82) is 0 Å². The molecule has 0 heterocycles. The molecule has 1 amide bonds. The first kappa shape index (κ1) is 10.0. The van der Waals surface area contributed by atoms with Crippen LogP contribution in [0.1, 0.15) is 31.4 Å². The Hall–Kier alpha value is -1.51. The van der Waals surface area contributed by atoms with Gasteiger partial charge in [0.15, 0.2) is 0 Å². The summed E-state index contributed by atoms with van der Waals surface area (Å²) in [6.45, 7) is 1.96. The van der Waals surface area contributed by atoms with Crippen LogP contribution < -0.4 is 11.1 Å². The topological polar surface area (TPSA) is 55.1 Å². The van der Waals surface area contributed by atoms with Gasteiger partial charge in [0.05, 0.1) is 6.04 Å². The normalized spacial score (nSPS) is 17.1. The van der Waals surface area contributed by atoms with Gasteiger partial charge in [-0.2, -0.15) is 0 Å². The van der Waals surface area contributed by atoms with E-state index in [1.54, 1.807) is 0 Å². The van der Waals surface area contributed by atoms with Crippen LogP contribution in [0.15, 0.2) is 24.3 Å². The maximum atomic E-state index is 11.5. The molecule has 1 fully saturated rings. The van der Waals surface area contributed by atoms with E-state index in [1.165, 1.54) is 0 Å². The van der Waals surface area contributed by atoms with Crippen molar-refractivity contribution in [2.75, 3.05) is 5.73 Å². The molecule has 2 rings (SSSR count). The highest BCUT2D eigenvalue weighted by atomic mass is 16.2. The van der Waals surface area contributed by atoms with Gasteiger partial charge in [0.2, 0.25) is 5.91 Å². The smallest absolute Gasteiger partial charge is 0.223 e. The molecule has 1 unspecified atom stereocenters. The summed E-state index contributed by atoms with van der Waals surface area (Å²) >= 11 is 0. The molecule has 15 heavy (non-hydrogen) atoms. The van der Waals surface area contributed by atoms with Gasteiger partial charge in [-0.15, -0.1) is 0 Å². The van der Waals surface area contributed by atoms with E-state index < -0.39 is 0 Å². The van der Waals surface area contributed by atoms with Gasteiger partial charge >= 0.3 is 0 Å². The third-order valence-electron chi connectivity index (χ3n) is 2.77. The largest absolute Gasteiger partial charge is 0.398 e. The lowest BCUT2D eigenvalue weighted by Gasteiger charge is -2.15. The molecule has 1 aromatic rings. The molecule has 0 bridgehead atoms. The van der Waals surface area contributed by atoms with Gasteiger partial charge in [-0.1, -0.05) is 18.2 Å². The summed E-state index contributed by atoms with van der Waals surface area (Å²) in [7, 11) is 0. The number of para-hydroxylation sites is 1. The summed E-state index contributed by atoms with van der Waals surface area (Å²) in [6.07, 6.45) is 2.06. The molecular formula is C12H16N2O. The number of anilines is 1. The van der Waals surface area contributed by atoms with Crippen molar-refractivity contribution in [3.8, 4) is 0 Å². The maximum absolute atomic E-state index is 11.5. The van der Waals surface area contributed by atoms with E-state index in [-0.39, 0.29) is 17.9 Å². The fraction of sp³-hybridized carbons (Fsp3) is 0.417. The minimum Gasteiger partial charge on any atom is -0.398 e. The minimum atomic E-state index is -0.000648. The number of hydrogen-bond acceptors (Lipinski definition) is 2. The van der Waals surface area contributed by atoms with Gasteiger partial charge in [-0.05, 0) is 31.4 Å². The second kappa shape index (κ2) is 3.93. The summed E-state index contributed by atoms with van der Waals surface area (Å²) in [5.41, 5.74) is 7.57. The predicted octanol–water partition coefficient (Wildman–Crippen LogP) is 1.86. The van der Waals surface area contributed by atoms with Crippen LogP contribution in [-0.4, -0.2) is 5.91 Å². The number of nitrogens with one attached hydrogen (secondary N) is 1. The molecule has 3 nitrogen and oxygen atoms in total. The Morgan fingerprint density at radius 1 is 1.47 bits per heavy atom. The van der Waals surface area contributed by atoms with E-state index in [9.17, 15) is 4.79 Å². The fourth-order valence-corrected chi connectivity index (χ4v) is 1.66. The van der Waals surface area contributed by atoms with Gasteiger partial charge < -0.3 is 11.1 Å². The van der Waals surface area contributed by atoms with Crippen molar-refractivity contribution in [2.45, 2.75) is 25.8 Å². The second-order valence-corrected chi connectivity index (χ2v) is 4.13. The number of rotatable bonds is 3. The molecule has 3 N–H and O–H groups in total. The lowest BCUT2D eigenvalue weighted by molar-refractivity contribution is -0.122. The van der Waals surface area contributed by atoms with Crippen molar-refractivity contribution in [2.24, 2.45) is 5.92 Å². The Kier molecular flexibility index (Phi) is 2.62. The molecule has 1 aromatic carbocycles. The molecular weight excluding hydrogens is 188 g/mol. The lowest BCUT2D eigenvalue weighted by atomic mass is 10.1. The molecule has 0 saturated heterocycles. The average molecular weight is 204 g/mol. The van der Waals surface area contributed by atoms with Crippen LogP contribution in [0.5, 0.6) is 0 Å². The Bertz CT molecular complexity index is 372. The zero-order valence-corrected chi connectivity index (χ0v) is 8.86. The Balaban J connectivity index is 2.03. The second-order valence-electron chi connectivity index (χ2n) is 4.13. The van der Waals surface area contributed by atoms with E-state index in [0.717, 1.165) is 24.1 Å². The number of amides is 1. The number of benzene rings is 1.